The standard InChI is InChI=1S/C34H36N8O4/c1-2-3-19-45-34(44)36-25-9-12-29-27(21-25)37-32(46-29)24-13-16-35-28(20-24)33(43)41-17-14-23(15-18-41)30(22-7-5-4-6-8-22)31-38-40-42(39-31)26-10-11-26/h4-9,12-13,16,20-21,23,26,30H,2-3,10-11,14-15,17-19H2,1H3,(H,36,44). The lowest BCUT2D eigenvalue weighted by molar-refractivity contribution is 0.0676. The second kappa shape index (κ2) is 13.1. The minimum Gasteiger partial charge on any atom is -0.449 e. The third-order valence-corrected chi connectivity index (χ3v) is 8.64. The number of ether oxygens (including phenoxy) is 1. The van der Waals surface area contributed by atoms with E-state index in [4.69, 9.17) is 14.3 Å². The van der Waals surface area contributed by atoms with Crippen LogP contribution in [0.15, 0.2) is 71.3 Å². The molecule has 12 nitrogen and oxygen atoms in total. The zero-order valence-electron chi connectivity index (χ0n) is 25.7. The Morgan fingerprint density at radius 3 is 2.65 bits per heavy atom. The van der Waals surface area contributed by atoms with Crippen molar-refractivity contribution in [3.8, 4) is 11.5 Å². The number of tetrazole rings is 1. The predicted molar refractivity (Wildman–Crippen MR) is 170 cm³/mol. The summed E-state index contributed by atoms with van der Waals surface area (Å²) >= 11 is 0. The summed E-state index contributed by atoms with van der Waals surface area (Å²) in [5.41, 5.74) is 3.85. The van der Waals surface area contributed by atoms with E-state index in [2.05, 4.69) is 37.7 Å². The SMILES string of the molecule is CCCCOC(=O)Nc1ccc2oc(-c3ccnc(C(=O)N4CCC(C(c5ccccc5)c5nnn(C6CC6)n5)CC4)c3)nc2c1. The van der Waals surface area contributed by atoms with Gasteiger partial charge in [0.25, 0.3) is 5.91 Å². The van der Waals surface area contributed by atoms with E-state index in [1.165, 1.54) is 5.56 Å². The number of piperidine rings is 1. The van der Waals surface area contributed by atoms with E-state index in [-0.39, 0.29) is 17.7 Å². The Kier molecular flexibility index (Phi) is 8.41. The van der Waals surface area contributed by atoms with E-state index < -0.39 is 6.09 Å². The summed E-state index contributed by atoms with van der Waals surface area (Å²) in [7, 11) is 0. The highest BCUT2D eigenvalue weighted by atomic mass is 16.5. The van der Waals surface area contributed by atoms with Crippen LogP contribution in [0.1, 0.15) is 79.3 Å². The molecule has 3 aromatic heterocycles. The molecule has 1 saturated carbocycles. The fraction of sp³-hybridized carbons (Fsp3) is 0.382. The van der Waals surface area contributed by atoms with Crippen molar-refractivity contribution in [1.82, 2.24) is 35.1 Å². The molecule has 1 unspecified atom stereocenters. The molecule has 1 atom stereocenters. The van der Waals surface area contributed by atoms with Crippen molar-refractivity contribution >= 4 is 28.8 Å². The van der Waals surface area contributed by atoms with Gasteiger partial charge in [0.1, 0.15) is 11.2 Å². The molecule has 0 spiro atoms. The van der Waals surface area contributed by atoms with Crippen molar-refractivity contribution in [3.05, 3.63) is 83.9 Å². The second-order valence-electron chi connectivity index (χ2n) is 12.0. The topological polar surface area (TPSA) is 141 Å². The zero-order valence-corrected chi connectivity index (χ0v) is 25.7. The monoisotopic (exact) mass is 620 g/mol. The Bertz CT molecular complexity index is 1830. The second-order valence-corrected chi connectivity index (χ2v) is 12.0. The number of aromatic nitrogens is 6. The van der Waals surface area contributed by atoms with E-state index in [1.807, 2.05) is 30.0 Å². The van der Waals surface area contributed by atoms with Gasteiger partial charge < -0.3 is 14.1 Å². The summed E-state index contributed by atoms with van der Waals surface area (Å²) in [6.07, 6.45) is 6.68. The van der Waals surface area contributed by atoms with Crippen LogP contribution in [0.4, 0.5) is 10.5 Å². The molecule has 1 aliphatic heterocycles. The summed E-state index contributed by atoms with van der Waals surface area (Å²) < 4.78 is 11.2. The molecule has 2 fully saturated rings. The van der Waals surface area contributed by atoms with Gasteiger partial charge in [-0.3, -0.25) is 15.1 Å². The molecule has 0 bridgehead atoms. The number of carbonyl (C=O) groups excluding carboxylic acids is 2. The average Bonchev–Trinajstić information content (AvgIpc) is 3.67. The Morgan fingerprint density at radius 2 is 1.87 bits per heavy atom. The molecule has 46 heavy (non-hydrogen) atoms. The largest absolute Gasteiger partial charge is 0.449 e. The molecule has 236 valence electrons. The molecule has 1 saturated heterocycles. The van der Waals surface area contributed by atoms with Gasteiger partial charge in [-0.05, 0) is 79.1 Å². The summed E-state index contributed by atoms with van der Waals surface area (Å²) in [6, 6.07) is 19.4. The van der Waals surface area contributed by atoms with Crippen LogP contribution in [0.2, 0.25) is 0 Å². The number of hydrogen-bond donors (Lipinski definition) is 1. The van der Waals surface area contributed by atoms with E-state index in [1.54, 1.807) is 41.3 Å². The van der Waals surface area contributed by atoms with Crippen LogP contribution < -0.4 is 5.32 Å². The van der Waals surface area contributed by atoms with Crippen LogP contribution in [0.5, 0.6) is 0 Å². The maximum absolute atomic E-state index is 13.6. The molecule has 0 radical (unpaired) electrons. The van der Waals surface area contributed by atoms with Crippen molar-refractivity contribution in [2.24, 2.45) is 5.92 Å². The third-order valence-electron chi connectivity index (χ3n) is 8.64. The van der Waals surface area contributed by atoms with Crippen LogP contribution in [0, 0.1) is 5.92 Å². The molecule has 12 heteroatoms. The summed E-state index contributed by atoms with van der Waals surface area (Å²) in [5.74, 6) is 1.29. The van der Waals surface area contributed by atoms with Gasteiger partial charge in [-0.1, -0.05) is 43.7 Å². The van der Waals surface area contributed by atoms with Gasteiger partial charge in [0, 0.05) is 30.5 Å². The minimum absolute atomic E-state index is 0.0222. The number of nitrogens with one attached hydrogen (secondary N) is 1. The third kappa shape index (κ3) is 6.46. The molecule has 1 aliphatic carbocycles. The first kappa shape index (κ1) is 29.6. The van der Waals surface area contributed by atoms with Gasteiger partial charge in [-0.25, -0.2) is 9.78 Å². The van der Waals surface area contributed by atoms with Gasteiger partial charge in [0.15, 0.2) is 11.4 Å². The normalized spacial score (nSPS) is 16.0. The van der Waals surface area contributed by atoms with Crippen molar-refractivity contribution in [1.29, 1.82) is 0 Å². The fourth-order valence-corrected chi connectivity index (χ4v) is 5.98. The number of likely N-dealkylation sites (tertiary alicyclic amines) is 1. The first-order valence-electron chi connectivity index (χ1n) is 16.0. The van der Waals surface area contributed by atoms with Gasteiger partial charge in [0.2, 0.25) is 5.89 Å². The van der Waals surface area contributed by atoms with Crippen molar-refractivity contribution in [2.45, 2.75) is 57.4 Å². The molecule has 1 N–H and O–H groups in total. The van der Waals surface area contributed by atoms with Crippen LogP contribution in [0.25, 0.3) is 22.6 Å². The Morgan fingerprint density at radius 1 is 1.04 bits per heavy atom. The fourth-order valence-electron chi connectivity index (χ4n) is 5.98. The van der Waals surface area contributed by atoms with Gasteiger partial charge in [0.05, 0.1) is 18.6 Å². The number of anilines is 1. The van der Waals surface area contributed by atoms with Crippen LogP contribution >= 0.6 is 0 Å². The number of oxazole rings is 1. The summed E-state index contributed by atoms with van der Waals surface area (Å²) in [5, 5.41) is 16.3. The number of hydrogen-bond acceptors (Lipinski definition) is 9. The Balaban J connectivity index is 1.03. The van der Waals surface area contributed by atoms with E-state index >= 15 is 0 Å². The molecule has 2 aliphatic rings. The van der Waals surface area contributed by atoms with Crippen LogP contribution in [-0.2, 0) is 4.74 Å². The van der Waals surface area contributed by atoms with Gasteiger partial charge in [-0.15, -0.1) is 10.2 Å². The number of unbranched alkanes of at least 4 members (excludes halogenated alkanes) is 1. The number of carbonyl (C=O) groups is 2. The lowest BCUT2D eigenvalue weighted by Crippen LogP contribution is -2.40. The Hall–Kier alpha value is -5.13. The van der Waals surface area contributed by atoms with Crippen molar-refractivity contribution in [3.63, 3.8) is 0 Å². The number of benzene rings is 2. The lowest BCUT2D eigenvalue weighted by atomic mass is 9.79. The molecular weight excluding hydrogens is 584 g/mol. The molecule has 2 amide bonds. The molecule has 2 aromatic carbocycles. The van der Waals surface area contributed by atoms with Crippen LogP contribution in [-0.4, -0.2) is 66.8 Å². The number of nitrogens with zero attached hydrogens (tertiary/aromatic N) is 7. The highest BCUT2D eigenvalue weighted by Crippen LogP contribution is 2.38. The number of pyridine rings is 1. The van der Waals surface area contributed by atoms with Crippen molar-refractivity contribution < 1.29 is 18.7 Å². The first-order chi connectivity index (χ1) is 22.6. The minimum atomic E-state index is -0.508. The summed E-state index contributed by atoms with van der Waals surface area (Å²) in [6.45, 7) is 3.62. The zero-order chi connectivity index (χ0) is 31.5. The highest BCUT2D eigenvalue weighted by Gasteiger charge is 2.35. The van der Waals surface area contributed by atoms with Crippen LogP contribution in [0.3, 0.4) is 0 Å². The van der Waals surface area contributed by atoms with E-state index in [0.29, 0.717) is 59.7 Å². The molecule has 7 rings (SSSR count). The van der Waals surface area contributed by atoms with Crippen molar-refractivity contribution in [2.75, 3.05) is 25.0 Å². The lowest BCUT2D eigenvalue weighted by Gasteiger charge is -2.35. The quantitative estimate of drug-likeness (QED) is 0.180. The number of amides is 2. The number of fused-ring (bicyclic) bond motifs is 1. The highest BCUT2D eigenvalue weighted by molar-refractivity contribution is 5.93. The van der Waals surface area contributed by atoms with E-state index in [9.17, 15) is 9.59 Å². The molecular formula is C34H36N8O4. The predicted octanol–water partition coefficient (Wildman–Crippen LogP) is 6.24. The molecule has 5 aromatic rings. The first-order valence-corrected chi connectivity index (χ1v) is 16.0. The summed E-state index contributed by atoms with van der Waals surface area (Å²) in [4.78, 5) is 38.3. The van der Waals surface area contributed by atoms with Gasteiger partial charge in [-0.2, -0.15) is 4.80 Å². The number of rotatable bonds is 10. The maximum atomic E-state index is 13.6. The maximum Gasteiger partial charge on any atom is 0.411 e. The molecule has 4 heterocycles. The van der Waals surface area contributed by atoms with E-state index in [0.717, 1.165) is 44.3 Å². The Labute approximate surface area is 266 Å². The average molecular weight is 621 g/mol. The smallest absolute Gasteiger partial charge is 0.411 e. The van der Waals surface area contributed by atoms with Gasteiger partial charge >= 0.3 is 6.09 Å².